The summed E-state index contributed by atoms with van der Waals surface area (Å²) in [6.07, 6.45) is -2.08. The van der Waals surface area contributed by atoms with Crippen LogP contribution in [0.3, 0.4) is 0 Å². The van der Waals surface area contributed by atoms with Crippen LogP contribution in [-0.2, 0) is 6.18 Å². The van der Waals surface area contributed by atoms with Crippen molar-refractivity contribution in [2.75, 3.05) is 18.4 Å². The van der Waals surface area contributed by atoms with E-state index in [2.05, 4.69) is 10.6 Å². The fraction of sp³-hybridized carbons (Fsp3) is 0.538. The molecule has 5 heteroatoms. The smallest absolute Gasteiger partial charge is 0.383 e. The van der Waals surface area contributed by atoms with E-state index in [0.717, 1.165) is 19.4 Å². The monoisotopic (exact) mass is 258 g/mol. The topological polar surface area (TPSA) is 24.1 Å². The first-order valence-electron chi connectivity index (χ1n) is 6.12. The Kier molecular flexibility index (Phi) is 3.80. The van der Waals surface area contributed by atoms with E-state index in [1.54, 1.807) is 6.07 Å². The van der Waals surface area contributed by atoms with Gasteiger partial charge in [-0.25, -0.2) is 0 Å². The molecule has 1 aromatic rings. The molecule has 0 amide bonds. The molecule has 1 fully saturated rings. The van der Waals surface area contributed by atoms with Crippen LogP contribution in [0.2, 0.25) is 0 Å². The van der Waals surface area contributed by atoms with Crippen molar-refractivity contribution in [3.63, 3.8) is 0 Å². The molecule has 1 unspecified atom stereocenters. The quantitative estimate of drug-likeness (QED) is 0.870. The molecular formula is C13H17F3N2. The summed E-state index contributed by atoms with van der Waals surface area (Å²) in [6.45, 7) is 3.14. The lowest BCUT2D eigenvalue weighted by Crippen LogP contribution is -2.29. The van der Waals surface area contributed by atoms with Crippen molar-refractivity contribution in [3.05, 3.63) is 29.3 Å². The van der Waals surface area contributed by atoms with Gasteiger partial charge >= 0.3 is 6.18 Å². The van der Waals surface area contributed by atoms with Crippen LogP contribution in [0.1, 0.15) is 24.0 Å². The second-order valence-electron chi connectivity index (χ2n) is 4.70. The molecule has 18 heavy (non-hydrogen) atoms. The highest BCUT2D eigenvalue weighted by Gasteiger charge is 2.32. The van der Waals surface area contributed by atoms with Crippen LogP contribution in [0.5, 0.6) is 0 Å². The zero-order chi connectivity index (χ0) is 13.2. The molecular weight excluding hydrogens is 241 g/mol. The van der Waals surface area contributed by atoms with E-state index in [9.17, 15) is 13.2 Å². The number of hydrogen-bond acceptors (Lipinski definition) is 2. The van der Waals surface area contributed by atoms with Crippen LogP contribution in [0.25, 0.3) is 0 Å². The molecule has 2 N–H and O–H groups in total. The molecule has 100 valence electrons. The van der Waals surface area contributed by atoms with Gasteiger partial charge in [-0.3, -0.25) is 0 Å². The van der Waals surface area contributed by atoms with E-state index in [1.807, 2.05) is 0 Å². The van der Waals surface area contributed by atoms with Crippen LogP contribution < -0.4 is 10.6 Å². The average molecular weight is 258 g/mol. The molecule has 0 radical (unpaired) electrons. The third-order valence-corrected chi connectivity index (χ3v) is 3.26. The first-order chi connectivity index (χ1) is 8.47. The van der Waals surface area contributed by atoms with E-state index in [0.29, 0.717) is 18.3 Å². The maximum Gasteiger partial charge on any atom is 0.416 e. The highest BCUT2D eigenvalue weighted by Crippen LogP contribution is 2.33. The molecule has 0 saturated carbocycles. The normalized spacial score (nSPS) is 20.1. The van der Waals surface area contributed by atoms with E-state index in [-0.39, 0.29) is 5.56 Å². The molecule has 1 aliphatic heterocycles. The Hall–Kier alpha value is -1.23. The molecule has 1 saturated heterocycles. The number of aryl methyl sites for hydroxylation is 1. The van der Waals surface area contributed by atoms with E-state index >= 15 is 0 Å². The second-order valence-corrected chi connectivity index (χ2v) is 4.70. The molecule has 0 bridgehead atoms. The first-order valence-corrected chi connectivity index (χ1v) is 6.12. The first kappa shape index (κ1) is 13.2. The highest BCUT2D eigenvalue weighted by atomic mass is 19.4. The van der Waals surface area contributed by atoms with Gasteiger partial charge in [-0.15, -0.1) is 0 Å². The molecule has 2 nitrogen and oxygen atoms in total. The van der Waals surface area contributed by atoms with Crippen LogP contribution >= 0.6 is 0 Å². The highest BCUT2D eigenvalue weighted by molar-refractivity contribution is 5.49. The molecule has 1 heterocycles. The average Bonchev–Trinajstić information content (AvgIpc) is 2.79. The zero-order valence-electron chi connectivity index (χ0n) is 10.3. The Balaban J connectivity index is 2.04. The largest absolute Gasteiger partial charge is 0.416 e. The van der Waals surface area contributed by atoms with Gasteiger partial charge in [0.15, 0.2) is 0 Å². The Labute approximate surface area is 105 Å². The van der Waals surface area contributed by atoms with Gasteiger partial charge in [0.05, 0.1) is 5.56 Å². The number of anilines is 1. The van der Waals surface area contributed by atoms with Gasteiger partial charge in [0.2, 0.25) is 0 Å². The molecule has 1 aliphatic rings. The van der Waals surface area contributed by atoms with Crippen LogP contribution in [-0.4, -0.2) is 19.1 Å². The van der Waals surface area contributed by atoms with Crippen molar-refractivity contribution in [2.45, 2.75) is 32.0 Å². The summed E-state index contributed by atoms with van der Waals surface area (Å²) < 4.78 is 38.2. The van der Waals surface area contributed by atoms with Crippen molar-refractivity contribution >= 4 is 5.69 Å². The summed E-state index contributed by atoms with van der Waals surface area (Å²) in [6, 6.07) is 4.75. The predicted molar refractivity (Wildman–Crippen MR) is 65.7 cm³/mol. The maximum absolute atomic E-state index is 12.7. The second kappa shape index (κ2) is 5.18. The summed E-state index contributed by atoms with van der Waals surface area (Å²) in [5.74, 6) is 0. The molecule has 0 aromatic heterocycles. The Bertz CT molecular complexity index is 409. The minimum Gasteiger partial charge on any atom is -0.383 e. The van der Waals surface area contributed by atoms with Crippen molar-refractivity contribution in [1.82, 2.24) is 5.32 Å². The number of rotatable bonds is 3. The van der Waals surface area contributed by atoms with E-state index in [1.165, 1.54) is 19.1 Å². The van der Waals surface area contributed by atoms with Crippen LogP contribution in [0.4, 0.5) is 18.9 Å². The van der Waals surface area contributed by atoms with Gasteiger partial charge in [-0.1, -0.05) is 6.07 Å². The summed E-state index contributed by atoms with van der Waals surface area (Å²) in [5.41, 5.74) is 0.223. The SMILES string of the molecule is Cc1ccc(NCC2CCCN2)cc1C(F)(F)F. The number of alkyl halides is 3. The lowest BCUT2D eigenvalue weighted by molar-refractivity contribution is -0.138. The van der Waals surface area contributed by atoms with Gasteiger partial charge < -0.3 is 10.6 Å². The molecule has 1 atom stereocenters. The van der Waals surface area contributed by atoms with E-state index < -0.39 is 11.7 Å². The molecule has 0 spiro atoms. The van der Waals surface area contributed by atoms with Gasteiger partial charge in [-0.05, 0) is 44.0 Å². The van der Waals surface area contributed by atoms with Gasteiger partial charge in [0, 0.05) is 18.3 Å². The molecule has 0 aliphatic carbocycles. The van der Waals surface area contributed by atoms with Gasteiger partial charge in [-0.2, -0.15) is 13.2 Å². The minimum absolute atomic E-state index is 0.257. The Morgan fingerprint density at radius 1 is 1.39 bits per heavy atom. The number of benzene rings is 1. The van der Waals surface area contributed by atoms with E-state index in [4.69, 9.17) is 0 Å². The minimum atomic E-state index is -4.28. The van der Waals surface area contributed by atoms with Crippen LogP contribution in [0.15, 0.2) is 18.2 Å². The van der Waals surface area contributed by atoms with Crippen molar-refractivity contribution < 1.29 is 13.2 Å². The third kappa shape index (κ3) is 3.16. The Morgan fingerprint density at radius 2 is 2.17 bits per heavy atom. The molecule has 1 aromatic carbocycles. The zero-order valence-corrected chi connectivity index (χ0v) is 10.3. The molecule has 2 rings (SSSR count). The lowest BCUT2D eigenvalue weighted by atomic mass is 10.1. The van der Waals surface area contributed by atoms with Crippen molar-refractivity contribution in [2.24, 2.45) is 0 Å². The summed E-state index contributed by atoms with van der Waals surface area (Å²) in [4.78, 5) is 0. The Morgan fingerprint density at radius 3 is 2.78 bits per heavy atom. The summed E-state index contributed by atoms with van der Waals surface area (Å²) >= 11 is 0. The fourth-order valence-corrected chi connectivity index (χ4v) is 2.21. The lowest BCUT2D eigenvalue weighted by Gasteiger charge is -2.15. The standard InChI is InChI=1S/C13H17F3N2/c1-9-4-5-10(7-12(9)13(14,15)16)18-8-11-3-2-6-17-11/h4-5,7,11,17-18H,2-3,6,8H2,1H3. The van der Waals surface area contributed by atoms with Crippen molar-refractivity contribution in [1.29, 1.82) is 0 Å². The predicted octanol–water partition coefficient (Wildman–Crippen LogP) is 3.18. The number of hydrogen-bond donors (Lipinski definition) is 2. The number of nitrogens with one attached hydrogen (secondary N) is 2. The fourth-order valence-electron chi connectivity index (χ4n) is 2.21. The van der Waals surface area contributed by atoms with Gasteiger partial charge in [0.25, 0.3) is 0 Å². The third-order valence-electron chi connectivity index (χ3n) is 3.26. The summed E-state index contributed by atoms with van der Waals surface area (Å²) in [7, 11) is 0. The summed E-state index contributed by atoms with van der Waals surface area (Å²) in [5, 5.41) is 6.36. The van der Waals surface area contributed by atoms with Gasteiger partial charge in [0.1, 0.15) is 0 Å². The van der Waals surface area contributed by atoms with Crippen LogP contribution in [0, 0.1) is 6.92 Å². The number of halogens is 3. The maximum atomic E-state index is 12.7. The van der Waals surface area contributed by atoms with Crippen molar-refractivity contribution in [3.8, 4) is 0 Å².